The number of aryl methyl sites for hydroxylation is 1. The lowest BCUT2D eigenvalue weighted by Gasteiger charge is -2.29. The quantitative estimate of drug-likeness (QED) is 0.133. The summed E-state index contributed by atoms with van der Waals surface area (Å²) in [7, 11) is 0. The third-order valence-electron chi connectivity index (χ3n) is 8.07. The van der Waals surface area contributed by atoms with Gasteiger partial charge in [-0.15, -0.1) is 0 Å². The number of hydrogen-bond donors (Lipinski definition) is 3. The third kappa shape index (κ3) is 13.3. The van der Waals surface area contributed by atoms with Crippen molar-refractivity contribution in [3.8, 4) is 5.69 Å². The molecular weight excluding hydrogens is 602 g/mol. The molecule has 0 aliphatic heterocycles. The highest BCUT2D eigenvalue weighted by atomic mass is 16.6. The Bertz CT molecular complexity index is 1250. The summed E-state index contributed by atoms with van der Waals surface area (Å²) in [5.41, 5.74) is 9.66. The van der Waals surface area contributed by atoms with Gasteiger partial charge in [0.15, 0.2) is 5.78 Å². The first-order valence-electron chi connectivity index (χ1n) is 17.0. The van der Waals surface area contributed by atoms with Crippen LogP contribution in [0.5, 0.6) is 0 Å². The summed E-state index contributed by atoms with van der Waals surface area (Å²) in [6, 6.07) is 5.95. The number of benzene rings is 1. The number of fused-ring (bicyclic) bond motifs is 1. The van der Waals surface area contributed by atoms with Gasteiger partial charge in [-0.2, -0.15) is 5.10 Å². The van der Waals surface area contributed by atoms with Gasteiger partial charge in [-0.3, -0.25) is 9.59 Å². The van der Waals surface area contributed by atoms with Gasteiger partial charge in [0.05, 0.1) is 81.1 Å². The first-order chi connectivity index (χ1) is 22.6. The van der Waals surface area contributed by atoms with Gasteiger partial charge >= 0.3 is 0 Å². The van der Waals surface area contributed by atoms with E-state index in [0.29, 0.717) is 95.3 Å². The Morgan fingerprint density at radius 1 is 0.915 bits per heavy atom. The topological polar surface area (TPSA) is 148 Å². The summed E-state index contributed by atoms with van der Waals surface area (Å²) in [5.74, 6) is -0.388. The van der Waals surface area contributed by atoms with Gasteiger partial charge in [0.25, 0.3) is 5.91 Å². The maximum absolute atomic E-state index is 12.8. The van der Waals surface area contributed by atoms with Crippen molar-refractivity contribution in [2.24, 2.45) is 11.1 Å². The number of primary amides is 1. The number of hydrogen-bond acceptors (Lipinski definition) is 10. The first-order valence-corrected chi connectivity index (χ1v) is 17.0. The number of ketones is 1. The van der Waals surface area contributed by atoms with Crippen LogP contribution in [0.15, 0.2) is 18.2 Å². The van der Waals surface area contributed by atoms with Gasteiger partial charge in [-0.05, 0) is 69.7 Å². The number of aromatic nitrogens is 2. The molecule has 0 bridgehead atoms. The zero-order valence-electron chi connectivity index (χ0n) is 29.2. The second-order valence-electron chi connectivity index (χ2n) is 12.8. The molecule has 0 saturated heterocycles. The normalized spacial score (nSPS) is 14.7. The fraction of sp³-hybridized carbons (Fsp3) is 0.686. The van der Waals surface area contributed by atoms with E-state index in [1.54, 1.807) is 6.07 Å². The number of nitrogens with two attached hydrogens (primary N) is 1. The summed E-state index contributed by atoms with van der Waals surface area (Å²) in [5, 5.41) is 11.5. The Morgan fingerprint density at radius 3 is 2.02 bits per heavy atom. The van der Waals surface area contributed by atoms with Gasteiger partial charge in [-0.25, -0.2) is 4.68 Å². The summed E-state index contributed by atoms with van der Waals surface area (Å²) in [4.78, 5) is 25.0. The zero-order valence-corrected chi connectivity index (χ0v) is 29.2. The minimum Gasteiger partial charge on any atom is -0.384 e. The number of amides is 1. The Morgan fingerprint density at radius 2 is 1.47 bits per heavy atom. The van der Waals surface area contributed by atoms with E-state index in [2.05, 4.69) is 43.4 Å². The molecule has 264 valence electrons. The smallest absolute Gasteiger partial charge is 0.250 e. The number of carbonyl (C=O) groups is 2. The molecule has 0 spiro atoms. The molecule has 1 aromatic heterocycles. The van der Waals surface area contributed by atoms with Crippen molar-refractivity contribution in [1.82, 2.24) is 15.1 Å². The van der Waals surface area contributed by atoms with Crippen molar-refractivity contribution in [1.29, 1.82) is 0 Å². The lowest BCUT2D eigenvalue weighted by molar-refractivity contribution is -0.0111. The Kier molecular flexibility index (Phi) is 16.8. The summed E-state index contributed by atoms with van der Waals surface area (Å²) >= 11 is 0. The molecule has 1 atom stereocenters. The highest BCUT2D eigenvalue weighted by Gasteiger charge is 2.35. The molecule has 2 aromatic rings. The highest BCUT2D eigenvalue weighted by molar-refractivity contribution is 6.00. The average molecular weight is 660 g/mol. The number of anilines is 1. The van der Waals surface area contributed by atoms with Gasteiger partial charge in [-0.1, -0.05) is 20.8 Å². The van der Waals surface area contributed by atoms with Gasteiger partial charge in [0.1, 0.15) is 0 Å². The van der Waals surface area contributed by atoms with Gasteiger partial charge < -0.3 is 40.1 Å². The predicted molar refractivity (Wildman–Crippen MR) is 183 cm³/mol. The molecule has 1 aromatic carbocycles. The lowest BCUT2D eigenvalue weighted by Crippen LogP contribution is -2.28. The number of nitrogens with zero attached hydrogens (tertiary/aromatic N) is 2. The van der Waals surface area contributed by atoms with Crippen LogP contribution < -0.4 is 16.4 Å². The van der Waals surface area contributed by atoms with Crippen LogP contribution >= 0.6 is 0 Å². The lowest BCUT2D eigenvalue weighted by atomic mass is 9.75. The van der Waals surface area contributed by atoms with Crippen LogP contribution in [0.2, 0.25) is 0 Å². The van der Waals surface area contributed by atoms with Crippen molar-refractivity contribution in [2.45, 2.75) is 72.8 Å². The monoisotopic (exact) mass is 659 g/mol. The molecule has 0 saturated carbocycles. The maximum Gasteiger partial charge on any atom is 0.250 e. The largest absolute Gasteiger partial charge is 0.384 e. The molecule has 3 rings (SSSR count). The fourth-order valence-corrected chi connectivity index (χ4v) is 5.42. The zero-order chi connectivity index (χ0) is 34.1. The van der Waals surface area contributed by atoms with E-state index >= 15 is 0 Å². The van der Waals surface area contributed by atoms with E-state index in [1.807, 2.05) is 23.7 Å². The van der Waals surface area contributed by atoms with Crippen molar-refractivity contribution < 1.29 is 33.3 Å². The van der Waals surface area contributed by atoms with Crippen molar-refractivity contribution >= 4 is 17.4 Å². The molecule has 1 unspecified atom stereocenters. The Hall–Kier alpha value is -2.87. The van der Waals surface area contributed by atoms with E-state index in [4.69, 9.17) is 29.4 Å². The van der Waals surface area contributed by atoms with Crippen molar-refractivity contribution in [3.05, 3.63) is 40.7 Å². The van der Waals surface area contributed by atoms with Crippen LogP contribution in [0.25, 0.3) is 5.69 Å². The van der Waals surface area contributed by atoms with Crippen molar-refractivity contribution in [3.63, 3.8) is 0 Å². The molecule has 12 nitrogen and oxygen atoms in total. The fourth-order valence-electron chi connectivity index (χ4n) is 5.42. The molecular formula is C35H57N5O7. The van der Waals surface area contributed by atoms with E-state index in [-0.39, 0.29) is 11.2 Å². The Labute approximate surface area is 280 Å². The number of Topliss-reactive ketones (excluding diaryl/α,β-unsaturated/α-hetero) is 1. The number of rotatable bonds is 25. The molecule has 0 fully saturated rings. The second-order valence-corrected chi connectivity index (χ2v) is 12.8. The van der Waals surface area contributed by atoms with Crippen LogP contribution in [0.4, 0.5) is 5.69 Å². The van der Waals surface area contributed by atoms with E-state index < -0.39 is 5.91 Å². The second kappa shape index (κ2) is 20.5. The van der Waals surface area contributed by atoms with Crippen LogP contribution in [0.3, 0.4) is 0 Å². The minimum absolute atomic E-state index is 0.125. The molecule has 47 heavy (non-hydrogen) atoms. The van der Waals surface area contributed by atoms with Crippen LogP contribution in [-0.4, -0.2) is 107 Å². The van der Waals surface area contributed by atoms with Crippen LogP contribution in [0, 0.1) is 12.3 Å². The number of carbonyl (C=O) groups excluding carboxylic acids is 2. The van der Waals surface area contributed by atoms with Gasteiger partial charge in [0.2, 0.25) is 0 Å². The predicted octanol–water partition coefficient (Wildman–Crippen LogP) is 4.10. The summed E-state index contributed by atoms with van der Waals surface area (Å²) in [6.45, 7) is 17.5. The van der Waals surface area contributed by atoms with Crippen LogP contribution in [0.1, 0.15) is 85.5 Å². The molecule has 0 radical (unpaired) electrons. The molecule has 12 heteroatoms. The number of ether oxygens (including phenoxy) is 5. The van der Waals surface area contributed by atoms with Gasteiger partial charge in [0, 0.05) is 37.9 Å². The first kappa shape index (κ1) is 38.6. The Balaban J connectivity index is 1.23. The summed E-state index contributed by atoms with van der Waals surface area (Å²) < 4.78 is 29.7. The molecule has 1 heterocycles. The molecule has 4 N–H and O–H groups in total. The van der Waals surface area contributed by atoms with E-state index in [9.17, 15) is 9.59 Å². The summed E-state index contributed by atoms with van der Waals surface area (Å²) in [6.07, 6.45) is 4.12. The minimum atomic E-state index is -0.514. The average Bonchev–Trinajstić information content (AvgIpc) is 3.36. The molecule has 1 aliphatic rings. The van der Waals surface area contributed by atoms with E-state index in [1.165, 1.54) is 0 Å². The van der Waals surface area contributed by atoms with E-state index in [0.717, 1.165) is 55.9 Å². The molecule has 1 aliphatic carbocycles. The molecule has 1 amide bonds. The van der Waals surface area contributed by atoms with Crippen molar-refractivity contribution in [2.75, 3.05) is 84.5 Å². The number of nitrogens with one attached hydrogen (secondary N) is 2. The highest BCUT2D eigenvalue weighted by Crippen LogP contribution is 2.37. The standard InChI is InChI=1S/C35H57N5O7/c1-6-26(2)37-11-7-13-43-15-17-45-19-21-47-22-20-46-18-16-44-14-8-12-38-30-23-28(9-10-29(30)34(36)42)40-31-24-35(4,5)25-32(41)33(31)27(3)39-40/h9-10,23,26,37-38H,6-8,11-22,24-25H2,1-5H3,(H2,36,42). The van der Waals surface area contributed by atoms with Crippen LogP contribution in [-0.2, 0) is 30.1 Å². The SMILES string of the molecule is CCC(C)NCCCOCCOCCOCCOCCOCCCNc1cc(-n2nc(C)c3c2CC(C)(C)CC3=O)ccc1C(N)=O. The maximum atomic E-state index is 12.8. The third-order valence-corrected chi connectivity index (χ3v) is 8.07.